The summed E-state index contributed by atoms with van der Waals surface area (Å²) < 4.78 is 4.93. The van der Waals surface area contributed by atoms with Gasteiger partial charge in [0.2, 0.25) is 0 Å². The molecule has 0 radical (unpaired) electrons. The van der Waals surface area contributed by atoms with E-state index >= 15 is 0 Å². The summed E-state index contributed by atoms with van der Waals surface area (Å²) in [6.07, 6.45) is 0. The van der Waals surface area contributed by atoms with Crippen LogP contribution >= 0.6 is 11.6 Å². The fourth-order valence-corrected chi connectivity index (χ4v) is 2.82. The fourth-order valence-electron chi connectivity index (χ4n) is 2.66. The summed E-state index contributed by atoms with van der Waals surface area (Å²) >= 11 is 6.15. The number of hydrogen-bond donors (Lipinski definition) is 2. The zero-order chi connectivity index (χ0) is 21.7. The summed E-state index contributed by atoms with van der Waals surface area (Å²) in [4.78, 5) is 35.4. The lowest BCUT2D eigenvalue weighted by molar-refractivity contribution is -0.385. The van der Waals surface area contributed by atoms with E-state index in [1.54, 1.807) is 36.4 Å². The van der Waals surface area contributed by atoms with Crippen LogP contribution in [0.15, 0.2) is 66.7 Å². The summed E-state index contributed by atoms with van der Waals surface area (Å²) in [5.74, 6) is -0.871. The topological polar surface area (TPSA) is 111 Å². The van der Waals surface area contributed by atoms with Gasteiger partial charge in [0.1, 0.15) is 0 Å². The minimum atomic E-state index is -0.630. The summed E-state index contributed by atoms with van der Waals surface area (Å²) in [5, 5.41) is 16.8. The van der Waals surface area contributed by atoms with Gasteiger partial charge >= 0.3 is 5.69 Å². The number of nitro groups is 1. The van der Waals surface area contributed by atoms with Crippen LogP contribution in [0.4, 0.5) is 17.1 Å². The minimum absolute atomic E-state index is 0.0500. The van der Waals surface area contributed by atoms with E-state index in [0.717, 1.165) is 6.07 Å². The Kier molecular flexibility index (Phi) is 6.29. The number of hydrogen-bond acceptors (Lipinski definition) is 5. The number of carbonyl (C=O) groups excluding carboxylic acids is 2. The van der Waals surface area contributed by atoms with Crippen LogP contribution in [0.1, 0.15) is 20.7 Å². The van der Waals surface area contributed by atoms with Crippen molar-refractivity contribution < 1.29 is 19.2 Å². The molecule has 0 aromatic heterocycles. The number of methoxy groups -OCH3 is 1. The molecule has 0 bridgehead atoms. The monoisotopic (exact) mass is 425 g/mol. The molecule has 2 N–H and O–H groups in total. The first-order valence-electron chi connectivity index (χ1n) is 8.69. The molecule has 30 heavy (non-hydrogen) atoms. The lowest BCUT2D eigenvalue weighted by Crippen LogP contribution is -2.14. The minimum Gasteiger partial charge on any atom is -0.490 e. The van der Waals surface area contributed by atoms with E-state index in [4.69, 9.17) is 16.3 Å². The second-order valence-electron chi connectivity index (χ2n) is 6.11. The highest BCUT2D eigenvalue weighted by molar-refractivity contribution is 6.34. The van der Waals surface area contributed by atoms with Crippen molar-refractivity contribution in [2.45, 2.75) is 0 Å². The van der Waals surface area contributed by atoms with Gasteiger partial charge in [-0.1, -0.05) is 29.8 Å². The van der Waals surface area contributed by atoms with E-state index in [2.05, 4.69) is 10.6 Å². The number of ether oxygens (including phenoxy) is 1. The molecule has 3 aromatic rings. The van der Waals surface area contributed by atoms with Crippen molar-refractivity contribution in [1.29, 1.82) is 0 Å². The van der Waals surface area contributed by atoms with E-state index in [1.165, 1.54) is 31.4 Å². The van der Waals surface area contributed by atoms with Crippen molar-refractivity contribution in [3.63, 3.8) is 0 Å². The molecule has 3 aromatic carbocycles. The third kappa shape index (κ3) is 4.73. The van der Waals surface area contributed by atoms with Gasteiger partial charge in [-0.3, -0.25) is 19.7 Å². The van der Waals surface area contributed by atoms with Crippen LogP contribution in [-0.4, -0.2) is 23.8 Å². The predicted molar refractivity (Wildman–Crippen MR) is 113 cm³/mol. The number of benzene rings is 3. The van der Waals surface area contributed by atoms with Crippen molar-refractivity contribution in [3.05, 3.63) is 93.0 Å². The third-order valence-electron chi connectivity index (χ3n) is 4.15. The predicted octanol–water partition coefficient (Wildman–Crippen LogP) is 4.76. The maximum absolute atomic E-state index is 12.5. The molecule has 2 amide bonds. The molecule has 0 aliphatic rings. The van der Waals surface area contributed by atoms with Crippen LogP contribution in [0.2, 0.25) is 5.02 Å². The van der Waals surface area contributed by atoms with Gasteiger partial charge in [0, 0.05) is 22.9 Å². The Labute approximate surface area is 176 Å². The number of carbonyl (C=O) groups is 2. The summed E-state index contributed by atoms with van der Waals surface area (Å²) in [6, 6.07) is 17.0. The molecular weight excluding hydrogens is 410 g/mol. The Morgan fingerprint density at radius 2 is 1.63 bits per heavy atom. The molecule has 152 valence electrons. The normalized spacial score (nSPS) is 10.2. The van der Waals surface area contributed by atoms with Gasteiger partial charge in [-0.15, -0.1) is 0 Å². The van der Waals surface area contributed by atoms with Crippen LogP contribution in [-0.2, 0) is 0 Å². The van der Waals surface area contributed by atoms with E-state index < -0.39 is 10.8 Å². The van der Waals surface area contributed by atoms with Crippen molar-refractivity contribution in [3.8, 4) is 5.75 Å². The number of rotatable bonds is 6. The van der Waals surface area contributed by atoms with E-state index in [0.29, 0.717) is 16.9 Å². The van der Waals surface area contributed by atoms with Crippen molar-refractivity contribution >= 4 is 40.5 Å². The maximum atomic E-state index is 12.5. The molecule has 0 atom stereocenters. The lowest BCUT2D eigenvalue weighted by Gasteiger charge is -2.11. The van der Waals surface area contributed by atoms with E-state index in [9.17, 15) is 19.7 Å². The van der Waals surface area contributed by atoms with Crippen molar-refractivity contribution in [2.75, 3.05) is 17.7 Å². The zero-order valence-electron chi connectivity index (χ0n) is 15.7. The molecule has 0 saturated heterocycles. The van der Waals surface area contributed by atoms with Crippen LogP contribution in [0.25, 0.3) is 0 Å². The van der Waals surface area contributed by atoms with Crippen molar-refractivity contribution in [2.24, 2.45) is 0 Å². The number of nitrogens with zero attached hydrogens (tertiary/aromatic N) is 1. The standard InChI is InChI=1S/C21H16ClN3O5/c1-30-19-10-7-14(11-18(19)25(28)29)21(27)23-15-8-9-16(22)17(12-15)24-20(26)13-5-3-2-4-6-13/h2-12H,1H3,(H,23,27)(H,24,26). The zero-order valence-corrected chi connectivity index (χ0v) is 16.5. The van der Waals surface area contributed by atoms with Crippen molar-refractivity contribution in [1.82, 2.24) is 0 Å². The Hall–Kier alpha value is -3.91. The first-order valence-corrected chi connectivity index (χ1v) is 9.06. The first kappa shape index (κ1) is 20.8. The third-order valence-corrected chi connectivity index (χ3v) is 4.48. The Morgan fingerprint density at radius 3 is 2.30 bits per heavy atom. The molecule has 8 nitrogen and oxygen atoms in total. The fraction of sp³-hybridized carbons (Fsp3) is 0.0476. The smallest absolute Gasteiger partial charge is 0.311 e. The average molecular weight is 426 g/mol. The van der Waals surface area contributed by atoms with Gasteiger partial charge in [-0.25, -0.2) is 0 Å². The van der Waals surface area contributed by atoms with Gasteiger partial charge < -0.3 is 15.4 Å². The van der Waals surface area contributed by atoms with Crippen LogP contribution in [0.3, 0.4) is 0 Å². The Bertz CT molecular complexity index is 1120. The lowest BCUT2D eigenvalue weighted by atomic mass is 10.1. The summed E-state index contributed by atoms with van der Waals surface area (Å²) in [5.41, 5.74) is 0.869. The maximum Gasteiger partial charge on any atom is 0.311 e. The summed E-state index contributed by atoms with van der Waals surface area (Å²) in [7, 11) is 1.31. The highest BCUT2D eigenvalue weighted by atomic mass is 35.5. The highest BCUT2D eigenvalue weighted by Gasteiger charge is 2.18. The quantitative estimate of drug-likeness (QED) is 0.437. The number of anilines is 2. The molecule has 0 saturated carbocycles. The molecule has 0 fully saturated rings. The first-order chi connectivity index (χ1) is 14.4. The van der Waals surface area contributed by atoms with Gasteiger partial charge in [-0.05, 0) is 42.5 Å². The number of amides is 2. The highest BCUT2D eigenvalue weighted by Crippen LogP contribution is 2.29. The van der Waals surface area contributed by atoms with Gasteiger partial charge in [-0.2, -0.15) is 0 Å². The van der Waals surface area contributed by atoms with Crippen LogP contribution in [0, 0.1) is 10.1 Å². The summed E-state index contributed by atoms with van der Waals surface area (Å²) in [6.45, 7) is 0. The number of nitrogens with one attached hydrogen (secondary N) is 2. The largest absolute Gasteiger partial charge is 0.490 e. The van der Waals surface area contributed by atoms with Crippen LogP contribution < -0.4 is 15.4 Å². The van der Waals surface area contributed by atoms with Gasteiger partial charge in [0.05, 0.1) is 22.7 Å². The number of nitro benzene ring substituents is 1. The molecular formula is C21H16ClN3O5. The van der Waals surface area contributed by atoms with E-state index in [1.807, 2.05) is 0 Å². The van der Waals surface area contributed by atoms with Gasteiger partial charge in [0.25, 0.3) is 11.8 Å². The second kappa shape index (κ2) is 9.06. The molecule has 0 spiro atoms. The number of halogens is 1. The molecule has 0 aliphatic heterocycles. The second-order valence-corrected chi connectivity index (χ2v) is 6.52. The molecule has 0 unspecified atom stereocenters. The van der Waals surface area contributed by atoms with E-state index in [-0.39, 0.29) is 27.9 Å². The Balaban J connectivity index is 1.80. The molecule has 0 aliphatic carbocycles. The van der Waals surface area contributed by atoms with Gasteiger partial charge in [0.15, 0.2) is 5.75 Å². The molecule has 9 heteroatoms. The molecule has 3 rings (SSSR count). The molecule has 0 heterocycles. The SMILES string of the molecule is COc1ccc(C(=O)Nc2ccc(Cl)c(NC(=O)c3ccccc3)c2)cc1[N+](=O)[O-]. The average Bonchev–Trinajstić information content (AvgIpc) is 2.76. The Morgan fingerprint density at radius 1 is 0.933 bits per heavy atom. The van der Waals surface area contributed by atoms with Crippen LogP contribution in [0.5, 0.6) is 5.75 Å².